The molecule has 0 spiro atoms. The maximum atomic E-state index is 11.0. The van der Waals surface area contributed by atoms with E-state index in [4.69, 9.17) is 14.6 Å². The van der Waals surface area contributed by atoms with Crippen LogP contribution in [0.15, 0.2) is 6.07 Å². The molecule has 19 heavy (non-hydrogen) atoms. The van der Waals surface area contributed by atoms with Crippen LogP contribution < -0.4 is 9.47 Å². The van der Waals surface area contributed by atoms with Crippen molar-refractivity contribution >= 4 is 5.97 Å². The van der Waals surface area contributed by atoms with Crippen molar-refractivity contribution in [2.75, 3.05) is 14.2 Å². The first-order valence-corrected chi connectivity index (χ1v) is 6.19. The molecule has 0 saturated carbocycles. The SMILES string of the molecule is COc1c(C)cc(C(C)(C)CC(=O)O)c(C)c1OC. The largest absolute Gasteiger partial charge is 0.493 e. The number of aliphatic carboxylic acids is 1. The van der Waals surface area contributed by atoms with Crippen LogP contribution in [0.3, 0.4) is 0 Å². The number of rotatable bonds is 5. The minimum Gasteiger partial charge on any atom is -0.493 e. The highest BCUT2D eigenvalue weighted by Gasteiger charge is 2.29. The van der Waals surface area contributed by atoms with E-state index in [9.17, 15) is 4.79 Å². The number of hydrogen-bond donors (Lipinski definition) is 1. The quantitative estimate of drug-likeness (QED) is 0.889. The number of methoxy groups -OCH3 is 2. The molecule has 0 aliphatic heterocycles. The zero-order valence-corrected chi connectivity index (χ0v) is 12.5. The van der Waals surface area contributed by atoms with Crippen molar-refractivity contribution in [3.8, 4) is 11.5 Å². The van der Waals surface area contributed by atoms with Crippen molar-refractivity contribution in [1.29, 1.82) is 0 Å². The number of ether oxygens (including phenoxy) is 2. The second-order valence-electron chi connectivity index (χ2n) is 5.39. The Morgan fingerprint density at radius 2 is 1.74 bits per heavy atom. The normalized spacial score (nSPS) is 11.3. The maximum absolute atomic E-state index is 11.0. The Balaban J connectivity index is 3.45. The molecule has 0 saturated heterocycles. The van der Waals surface area contributed by atoms with Gasteiger partial charge < -0.3 is 14.6 Å². The highest BCUT2D eigenvalue weighted by Crippen LogP contribution is 2.41. The Kier molecular flexibility index (Phi) is 4.45. The molecular weight excluding hydrogens is 244 g/mol. The molecule has 0 atom stereocenters. The molecule has 1 rings (SSSR count). The summed E-state index contributed by atoms with van der Waals surface area (Å²) in [6, 6.07) is 1.99. The number of carbonyl (C=O) groups is 1. The summed E-state index contributed by atoms with van der Waals surface area (Å²) in [5.74, 6) is 0.572. The molecule has 4 nitrogen and oxygen atoms in total. The molecule has 0 heterocycles. The molecule has 1 N–H and O–H groups in total. The lowest BCUT2D eigenvalue weighted by Gasteiger charge is -2.28. The van der Waals surface area contributed by atoms with Crippen LogP contribution in [0, 0.1) is 13.8 Å². The highest BCUT2D eigenvalue weighted by atomic mass is 16.5. The lowest BCUT2D eigenvalue weighted by atomic mass is 9.78. The predicted octanol–water partition coefficient (Wildman–Crippen LogP) is 3.07. The fraction of sp³-hybridized carbons (Fsp3) is 0.533. The first-order chi connectivity index (χ1) is 8.74. The third-order valence-electron chi connectivity index (χ3n) is 3.40. The monoisotopic (exact) mass is 266 g/mol. The van der Waals surface area contributed by atoms with Crippen LogP contribution in [0.4, 0.5) is 0 Å². The van der Waals surface area contributed by atoms with E-state index >= 15 is 0 Å². The number of carboxylic acid groups (broad SMARTS) is 1. The summed E-state index contributed by atoms with van der Waals surface area (Å²) in [6.45, 7) is 7.71. The lowest BCUT2D eigenvalue weighted by molar-refractivity contribution is -0.138. The Labute approximate surface area is 114 Å². The van der Waals surface area contributed by atoms with Crippen molar-refractivity contribution in [1.82, 2.24) is 0 Å². The molecule has 0 amide bonds. The van der Waals surface area contributed by atoms with Crippen LogP contribution in [-0.2, 0) is 10.2 Å². The molecule has 1 aromatic rings. The van der Waals surface area contributed by atoms with Gasteiger partial charge in [-0.05, 0) is 30.5 Å². The van der Waals surface area contributed by atoms with Crippen molar-refractivity contribution < 1.29 is 19.4 Å². The average molecular weight is 266 g/mol. The summed E-state index contributed by atoms with van der Waals surface area (Å²) in [4.78, 5) is 11.0. The predicted molar refractivity (Wildman–Crippen MR) is 74.3 cm³/mol. The van der Waals surface area contributed by atoms with Gasteiger partial charge in [-0.3, -0.25) is 4.79 Å². The summed E-state index contributed by atoms with van der Waals surface area (Å²) >= 11 is 0. The van der Waals surface area contributed by atoms with Gasteiger partial charge in [0.05, 0.1) is 20.6 Å². The van der Waals surface area contributed by atoms with E-state index in [1.807, 2.05) is 33.8 Å². The summed E-state index contributed by atoms with van der Waals surface area (Å²) < 4.78 is 10.8. The zero-order valence-electron chi connectivity index (χ0n) is 12.5. The van der Waals surface area contributed by atoms with Crippen molar-refractivity contribution in [2.45, 2.75) is 39.5 Å². The van der Waals surface area contributed by atoms with Gasteiger partial charge in [0, 0.05) is 5.41 Å². The van der Waals surface area contributed by atoms with Crippen LogP contribution in [0.5, 0.6) is 11.5 Å². The lowest BCUT2D eigenvalue weighted by Crippen LogP contribution is -2.23. The van der Waals surface area contributed by atoms with Crippen LogP contribution in [-0.4, -0.2) is 25.3 Å². The minimum absolute atomic E-state index is 0.0722. The van der Waals surface area contributed by atoms with Crippen molar-refractivity contribution in [3.05, 3.63) is 22.8 Å². The fourth-order valence-electron chi connectivity index (χ4n) is 2.54. The number of benzene rings is 1. The topological polar surface area (TPSA) is 55.8 Å². The first-order valence-electron chi connectivity index (χ1n) is 6.19. The van der Waals surface area contributed by atoms with Gasteiger partial charge >= 0.3 is 5.97 Å². The number of aryl methyl sites for hydroxylation is 1. The van der Waals surface area contributed by atoms with Gasteiger partial charge in [0.25, 0.3) is 0 Å². The van der Waals surface area contributed by atoms with Gasteiger partial charge in [-0.25, -0.2) is 0 Å². The summed E-state index contributed by atoms with van der Waals surface area (Å²) in [6.07, 6.45) is 0.0722. The number of hydrogen-bond acceptors (Lipinski definition) is 3. The second-order valence-corrected chi connectivity index (χ2v) is 5.39. The van der Waals surface area contributed by atoms with Crippen LogP contribution in [0.1, 0.15) is 37.0 Å². The van der Waals surface area contributed by atoms with Crippen LogP contribution in [0.2, 0.25) is 0 Å². The molecule has 0 fully saturated rings. The molecular formula is C15H22O4. The Morgan fingerprint density at radius 3 is 2.16 bits per heavy atom. The fourth-order valence-corrected chi connectivity index (χ4v) is 2.54. The molecule has 4 heteroatoms. The van der Waals surface area contributed by atoms with Gasteiger partial charge in [-0.1, -0.05) is 19.9 Å². The van der Waals surface area contributed by atoms with Gasteiger partial charge in [-0.2, -0.15) is 0 Å². The average Bonchev–Trinajstić information content (AvgIpc) is 2.29. The second kappa shape index (κ2) is 5.51. The standard InChI is InChI=1S/C15H22O4/c1-9-7-11(15(3,4)8-12(16)17)10(2)14(19-6)13(9)18-5/h7H,8H2,1-6H3,(H,16,17). The van der Waals surface area contributed by atoms with E-state index in [1.54, 1.807) is 14.2 Å². The third-order valence-corrected chi connectivity index (χ3v) is 3.40. The van der Waals surface area contributed by atoms with Gasteiger partial charge in [0.2, 0.25) is 0 Å². The van der Waals surface area contributed by atoms with Crippen LogP contribution >= 0.6 is 0 Å². The first kappa shape index (κ1) is 15.3. The molecule has 0 aliphatic carbocycles. The van der Waals surface area contributed by atoms with E-state index in [2.05, 4.69) is 0 Å². The maximum Gasteiger partial charge on any atom is 0.304 e. The van der Waals surface area contributed by atoms with E-state index in [1.165, 1.54) is 0 Å². The van der Waals surface area contributed by atoms with Gasteiger partial charge in [-0.15, -0.1) is 0 Å². The molecule has 0 radical (unpaired) electrons. The molecule has 0 aliphatic rings. The summed E-state index contributed by atoms with van der Waals surface area (Å²) in [7, 11) is 3.20. The Hall–Kier alpha value is -1.71. The molecule has 0 bridgehead atoms. The number of carboxylic acids is 1. The minimum atomic E-state index is -0.808. The van der Waals surface area contributed by atoms with E-state index in [0.29, 0.717) is 11.5 Å². The molecule has 1 aromatic carbocycles. The Bertz CT molecular complexity index is 489. The highest BCUT2D eigenvalue weighted by molar-refractivity contribution is 5.69. The van der Waals surface area contributed by atoms with Crippen LogP contribution in [0.25, 0.3) is 0 Å². The molecule has 0 unspecified atom stereocenters. The van der Waals surface area contributed by atoms with Crippen molar-refractivity contribution in [2.24, 2.45) is 0 Å². The molecule has 0 aromatic heterocycles. The molecule has 106 valence electrons. The van der Waals surface area contributed by atoms with E-state index < -0.39 is 11.4 Å². The van der Waals surface area contributed by atoms with E-state index in [0.717, 1.165) is 16.7 Å². The zero-order chi connectivity index (χ0) is 14.8. The van der Waals surface area contributed by atoms with Crippen molar-refractivity contribution in [3.63, 3.8) is 0 Å². The smallest absolute Gasteiger partial charge is 0.304 e. The summed E-state index contributed by atoms with van der Waals surface area (Å²) in [5, 5.41) is 9.04. The third kappa shape index (κ3) is 3.00. The summed E-state index contributed by atoms with van der Waals surface area (Å²) in [5.41, 5.74) is 2.39. The Morgan fingerprint density at radius 1 is 1.21 bits per heavy atom. The van der Waals surface area contributed by atoms with Gasteiger partial charge in [0.1, 0.15) is 0 Å². The van der Waals surface area contributed by atoms with Gasteiger partial charge in [0.15, 0.2) is 11.5 Å². The van der Waals surface area contributed by atoms with E-state index in [-0.39, 0.29) is 6.42 Å².